The van der Waals surface area contributed by atoms with E-state index in [1.807, 2.05) is 49.2 Å². The van der Waals surface area contributed by atoms with Crippen molar-refractivity contribution in [1.82, 2.24) is 29.6 Å². The third-order valence-corrected chi connectivity index (χ3v) is 5.51. The van der Waals surface area contributed by atoms with Crippen LogP contribution in [0.5, 0.6) is 0 Å². The average Bonchev–Trinajstić information content (AvgIpc) is 3.59. The highest BCUT2D eigenvalue weighted by Gasteiger charge is 2.18. The predicted molar refractivity (Wildman–Crippen MR) is 129 cm³/mol. The van der Waals surface area contributed by atoms with E-state index in [0.717, 1.165) is 53.7 Å². The first-order valence-corrected chi connectivity index (χ1v) is 11.4. The van der Waals surface area contributed by atoms with E-state index in [1.54, 1.807) is 35.7 Å². The molecule has 0 radical (unpaired) electrons. The molecule has 1 fully saturated rings. The fourth-order valence-electron chi connectivity index (χ4n) is 3.81. The Hall–Kier alpha value is -3.87. The molecule has 4 heterocycles. The van der Waals surface area contributed by atoms with E-state index in [0.29, 0.717) is 5.82 Å². The minimum absolute atomic E-state index is 0.118. The van der Waals surface area contributed by atoms with Crippen molar-refractivity contribution in [1.29, 1.82) is 0 Å². The van der Waals surface area contributed by atoms with Gasteiger partial charge in [0.25, 0.3) is 0 Å². The minimum Gasteiger partial charge on any atom is -0.341 e. The lowest BCUT2D eigenvalue weighted by Gasteiger charge is -2.14. The van der Waals surface area contributed by atoms with Gasteiger partial charge in [-0.05, 0) is 42.2 Å². The Bertz CT molecular complexity index is 1180. The van der Waals surface area contributed by atoms with Gasteiger partial charge >= 0.3 is 0 Å². The van der Waals surface area contributed by atoms with E-state index < -0.39 is 0 Å². The maximum Gasteiger partial charge on any atom is 0.244 e. The Balaban J connectivity index is 0.00000126. The van der Waals surface area contributed by atoms with Gasteiger partial charge in [0.1, 0.15) is 6.54 Å². The molecule has 1 aliphatic heterocycles. The van der Waals surface area contributed by atoms with Crippen molar-refractivity contribution in [3.05, 3.63) is 73.6 Å². The molecule has 0 N–H and O–H groups in total. The normalized spacial score (nSPS) is 12.8. The molecule has 1 amide bonds. The van der Waals surface area contributed by atoms with E-state index >= 15 is 0 Å². The summed E-state index contributed by atoms with van der Waals surface area (Å²) in [5.41, 5.74) is 4.91. The zero-order chi connectivity index (χ0) is 23.0. The maximum atomic E-state index is 12.3. The summed E-state index contributed by atoms with van der Waals surface area (Å²) >= 11 is 0. The van der Waals surface area contributed by atoms with E-state index in [2.05, 4.69) is 32.2 Å². The molecule has 4 aromatic rings. The number of amides is 1. The van der Waals surface area contributed by atoms with Crippen LogP contribution < -0.4 is 0 Å². The predicted octanol–water partition coefficient (Wildman–Crippen LogP) is 4.72. The van der Waals surface area contributed by atoms with Crippen LogP contribution >= 0.6 is 0 Å². The molecule has 33 heavy (non-hydrogen) atoms. The Labute approximate surface area is 194 Å². The summed E-state index contributed by atoms with van der Waals surface area (Å²) in [4.78, 5) is 27.4. The highest BCUT2D eigenvalue weighted by Crippen LogP contribution is 2.25. The second kappa shape index (κ2) is 10.6. The minimum atomic E-state index is 0.118. The van der Waals surface area contributed by atoms with Crippen LogP contribution in [0, 0.1) is 0 Å². The first kappa shape index (κ1) is 22.3. The lowest BCUT2D eigenvalue weighted by atomic mass is 10.0. The molecule has 3 aromatic heterocycles. The molecule has 1 saturated heterocycles. The summed E-state index contributed by atoms with van der Waals surface area (Å²) in [5, 5.41) is 4.34. The number of rotatable bonds is 5. The third kappa shape index (κ3) is 5.31. The molecule has 5 rings (SSSR count). The lowest BCUT2D eigenvalue weighted by molar-refractivity contribution is -0.130. The molecule has 1 aliphatic rings. The van der Waals surface area contributed by atoms with Crippen molar-refractivity contribution in [2.24, 2.45) is 0 Å². The quantitative estimate of drug-likeness (QED) is 0.449. The van der Waals surface area contributed by atoms with E-state index in [-0.39, 0.29) is 12.5 Å². The number of likely N-dealkylation sites (tertiary alicyclic amines) is 1. The van der Waals surface area contributed by atoms with E-state index in [1.165, 1.54) is 0 Å². The standard InChI is InChI=1S/C24H22N6O.C2H6/c31-23(29-10-1-2-11-29)17-30-16-22(15-28-30)21-13-26-24(27-14-21)20-5-3-4-19(12-20)18-6-8-25-9-7-18;1-2/h3-9,12-16H,1-2,10-11,17H2;1-2H3. The Kier molecular flexibility index (Phi) is 7.19. The van der Waals surface area contributed by atoms with Gasteiger partial charge in [0.2, 0.25) is 5.91 Å². The third-order valence-electron chi connectivity index (χ3n) is 5.51. The van der Waals surface area contributed by atoms with Crippen molar-refractivity contribution < 1.29 is 4.79 Å². The number of pyridine rings is 1. The van der Waals surface area contributed by atoms with Gasteiger partial charge in [-0.15, -0.1) is 0 Å². The van der Waals surface area contributed by atoms with Gasteiger partial charge in [0, 0.05) is 60.8 Å². The van der Waals surface area contributed by atoms with Crippen LogP contribution in [-0.2, 0) is 11.3 Å². The van der Waals surface area contributed by atoms with Gasteiger partial charge in [-0.25, -0.2) is 9.97 Å². The zero-order valence-corrected chi connectivity index (χ0v) is 19.1. The summed E-state index contributed by atoms with van der Waals surface area (Å²) in [6.45, 7) is 5.97. The first-order valence-electron chi connectivity index (χ1n) is 11.4. The van der Waals surface area contributed by atoms with Crippen molar-refractivity contribution in [3.8, 4) is 33.6 Å². The molecule has 7 nitrogen and oxygen atoms in total. The fraction of sp³-hybridized carbons (Fsp3) is 0.269. The number of benzene rings is 1. The van der Waals surface area contributed by atoms with Gasteiger partial charge in [0.15, 0.2) is 5.82 Å². The second-order valence-corrected chi connectivity index (χ2v) is 7.63. The van der Waals surface area contributed by atoms with Crippen LogP contribution in [0.15, 0.2) is 73.6 Å². The van der Waals surface area contributed by atoms with Crippen LogP contribution in [0.4, 0.5) is 0 Å². The van der Waals surface area contributed by atoms with Crippen molar-refractivity contribution in [2.45, 2.75) is 33.2 Å². The molecule has 1 aromatic carbocycles. The second-order valence-electron chi connectivity index (χ2n) is 7.63. The van der Waals surface area contributed by atoms with E-state index in [9.17, 15) is 4.79 Å². The molecule has 0 saturated carbocycles. The maximum absolute atomic E-state index is 12.3. The Morgan fingerprint density at radius 3 is 2.27 bits per heavy atom. The lowest BCUT2D eigenvalue weighted by Crippen LogP contribution is -2.31. The highest BCUT2D eigenvalue weighted by atomic mass is 16.2. The number of nitrogens with zero attached hydrogens (tertiary/aromatic N) is 6. The molecule has 168 valence electrons. The molecule has 0 spiro atoms. The molecule has 7 heteroatoms. The molecular weight excluding hydrogens is 412 g/mol. The van der Waals surface area contributed by atoms with Crippen LogP contribution in [0.25, 0.3) is 33.6 Å². The summed E-state index contributed by atoms with van der Waals surface area (Å²) in [5.74, 6) is 0.782. The summed E-state index contributed by atoms with van der Waals surface area (Å²) in [6.07, 6.45) is 13.0. The number of hydrogen-bond donors (Lipinski definition) is 0. The summed E-state index contributed by atoms with van der Waals surface area (Å²) in [7, 11) is 0. The van der Waals surface area contributed by atoms with Crippen molar-refractivity contribution in [2.75, 3.05) is 13.1 Å². The van der Waals surface area contributed by atoms with Gasteiger partial charge in [-0.2, -0.15) is 5.10 Å². The number of carbonyl (C=O) groups is 1. The van der Waals surface area contributed by atoms with Crippen molar-refractivity contribution >= 4 is 5.91 Å². The van der Waals surface area contributed by atoms with Crippen LogP contribution in [0.2, 0.25) is 0 Å². The van der Waals surface area contributed by atoms with Gasteiger partial charge < -0.3 is 4.90 Å². The largest absolute Gasteiger partial charge is 0.341 e. The molecule has 0 unspecified atom stereocenters. The number of hydrogen-bond acceptors (Lipinski definition) is 5. The SMILES string of the molecule is CC.O=C(Cn1cc(-c2cnc(-c3cccc(-c4ccncc4)c3)nc2)cn1)N1CCCC1. The average molecular weight is 441 g/mol. The molecule has 0 bridgehead atoms. The summed E-state index contributed by atoms with van der Waals surface area (Å²) < 4.78 is 1.68. The number of carbonyl (C=O) groups excluding carboxylic acids is 1. The van der Waals surface area contributed by atoms with Crippen LogP contribution in [-0.4, -0.2) is 48.6 Å². The summed E-state index contributed by atoms with van der Waals surface area (Å²) in [6, 6.07) is 12.1. The topological polar surface area (TPSA) is 76.8 Å². The Morgan fingerprint density at radius 2 is 1.55 bits per heavy atom. The zero-order valence-electron chi connectivity index (χ0n) is 19.1. The fourth-order valence-corrected chi connectivity index (χ4v) is 3.81. The van der Waals surface area contributed by atoms with Gasteiger partial charge in [-0.3, -0.25) is 14.5 Å². The van der Waals surface area contributed by atoms with Gasteiger partial charge in [0.05, 0.1) is 6.20 Å². The van der Waals surface area contributed by atoms with Crippen molar-refractivity contribution in [3.63, 3.8) is 0 Å². The molecule has 0 atom stereocenters. The van der Waals surface area contributed by atoms with Crippen LogP contribution in [0.1, 0.15) is 26.7 Å². The van der Waals surface area contributed by atoms with Crippen LogP contribution in [0.3, 0.4) is 0 Å². The molecule has 0 aliphatic carbocycles. The Morgan fingerprint density at radius 1 is 0.848 bits per heavy atom. The highest BCUT2D eigenvalue weighted by molar-refractivity contribution is 5.76. The monoisotopic (exact) mass is 440 g/mol. The van der Waals surface area contributed by atoms with E-state index in [4.69, 9.17) is 0 Å². The first-order chi connectivity index (χ1) is 16.3. The van der Waals surface area contributed by atoms with Gasteiger partial charge in [-0.1, -0.05) is 32.0 Å². The molecular formula is C26H28N6O. The number of aromatic nitrogens is 5. The smallest absolute Gasteiger partial charge is 0.244 e.